The van der Waals surface area contributed by atoms with Gasteiger partial charge in [0.25, 0.3) is 10.1 Å². The van der Waals surface area contributed by atoms with Gasteiger partial charge < -0.3 is 9.80 Å². The molecule has 0 radical (unpaired) electrons. The molecule has 6 aromatic carbocycles. The average molecular weight is 817 g/mol. The van der Waals surface area contributed by atoms with Gasteiger partial charge in [-0.3, -0.25) is 4.55 Å². The van der Waals surface area contributed by atoms with Crippen molar-refractivity contribution in [3.05, 3.63) is 168 Å². The van der Waals surface area contributed by atoms with Crippen LogP contribution in [0.2, 0.25) is 0 Å². The number of rotatable bonds is 19. The first kappa shape index (κ1) is 41.9. The Balaban J connectivity index is 0.959. The summed E-state index contributed by atoms with van der Waals surface area (Å²) in [6.07, 6.45) is 1.77. The Morgan fingerprint density at radius 1 is 0.552 bits per heavy atom. The first-order chi connectivity index (χ1) is 28.2. The molecule has 58 heavy (non-hydrogen) atoms. The van der Waals surface area contributed by atoms with Crippen LogP contribution in [0.3, 0.4) is 0 Å². The zero-order valence-electron chi connectivity index (χ0n) is 32.1. The van der Waals surface area contributed by atoms with Gasteiger partial charge in [-0.1, -0.05) is 53.6 Å². The van der Waals surface area contributed by atoms with E-state index >= 15 is 0 Å². The van der Waals surface area contributed by atoms with Crippen molar-refractivity contribution in [1.29, 1.82) is 0 Å². The molecule has 0 aliphatic carbocycles. The standard InChI is InChI=1S/C44H44N6O6S2/c1-3-49(31-35-7-5-9-43(29-35)57-56-55-51)41-25-21-39(22-26-41)47-45-37-17-13-33(14-18-37)11-12-34-15-19-38(20-16-34)46-48-40-23-27-42(28-24-40)50(4-2)32-36-8-6-10-44(30-36)58(52,53)54/h5-10,13-30,51H,3-4,11-12,31-32H2,1-2H3,(H,52,53,54)/b47-45+,48-46+. The zero-order chi connectivity index (χ0) is 40.7. The molecule has 0 unspecified atom stereocenters. The summed E-state index contributed by atoms with van der Waals surface area (Å²) < 4.78 is 37.0. The number of benzene rings is 6. The van der Waals surface area contributed by atoms with E-state index in [1.165, 1.54) is 23.3 Å². The monoisotopic (exact) mass is 816 g/mol. The first-order valence-electron chi connectivity index (χ1n) is 18.7. The van der Waals surface area contributed by atoms with Gasteiger partial charge in [0.15, 0.2) is 0 Å². The summed E-state index contributed by atoms with van der Waals surface area (Å²) in [5.41, 5.74) is 9.36. The van der Waals surface area contributed by atoms with E-state index < -0.39 is 10.1 Å². The molecule has 0 heterocycles. The van der Waals surface area contributed by atoms with Crippen LogP contribution in [0.15, 0.2) is 176 Å². The molecule has 298 valence electrons. The maximum Gasteiger partial charge on any atom is 0.294 e. The van der Waals surface area contributed by atoms with Crippen molar-refractivity contribution in [2.75, 3.05) is 22.9 Å². The van der Waals surface area contributed by atoms with Gasteiger partial charge in [-0.15, -0.1) is 4.33 Å². The SMILES string of the molecule is CCN(Cc1cccc(SOOO)c1)c1ccc(/N=N/c2ccc(CCc3ccc(/N=N/c4ccc(N(CC)Cc5cccc(S(=O)(=O)O)c5)cc4)cc3)cc2)cc1. The Labute approximate surface area is 343 Å². The maximum absolute atomic E-state index is 11.5. The normalized spacial score (nSPS) is 11.7. The van der Waals surface area contributed by atoms with Crippen molar-refractivity contribution in [2.24, 2.45) is 20.5 Å². The fourth-order valence-corrected chi connectivity index (χ4v) is 7.20. The Morgan fingerprint density at radius 3 is 1.38 bits per heavy atom. The lowest BCUT2D eigenvalue weighted by Crippen LogP contribution is -2.22. The maximum atomic E-state index is 11.5. The minimum Gasteiger partial charge on any atom is -0.367 e. The molecule has 0 amide bonds. The number of nitrogens with zero attached hydrogens (tertiary/aromatic N) is 6. The third-order valence-electron chi connectivity index (χ3n) is 9.33. The van der Waals surface area contributed by atoms with E-state index in [0.29, 0.717) is 19.6 Å². The lowest BCUT2D eigenvalue weighted by Gasteiger charge is -2.23. The van der Waals surface area contributed by atoms with Crippen LogP contribution in [0, 0.1) is 0 Å². The molecule has 12 nitrogen and oxygen atoms in total. The third kappa shape index (κ3) is 12.4. The highest BCUT2D eigenvalue weighted by molar-refractivity contribution is 7.94. The number of hydrogen-bond donors (Lipinski definition) is 2. The van der Waals surface area contributed by atoms with Crippen LogP contribution in [-0.2, 0) is 45.4 Å². The van der Waals surface area contributed by atoms with Gasteiger partial charge >= 0.3 is 0 Å². The highest BCUT2D eigenvalue weighted by Crippen LogP contribution is 2.27. The second-order valence-electron chi connectivity index (χ2n) is 13.3. The van der Waals surface area contributed by atoms with Crippen LogP contribution in [0.1, 0.15) is 36.1 Å². The second-order valence-corrected chi connectivity index (χ2v) is 15.5. The Bertz CT molecular complexity index is 2390. The highest BCUT2D eigenvalue weighted by atomic mass is 32.2. The largest absolute Gasteiger partial charge is 0.367 e. The quantitative estimate of drug-likeness (QED) is 0.0268. The molecule has 2 N–H and O–H groups in total. The lowest BCUT2D eigenvalue weighted by molar-refractivity contribution is -0.432. The number of hydrogen-bond acceptors (Lipinski definition) is 12. The second kappa shape index (κ2) is 20.6. The van der Waals surface area contributed by atoms with Crippen LogP contribution in [0.25, 0.3) is 0 Å². The zero-order valence-corrected chi connectivity index (χ0v) is 33.8. The molecule has 0 aliphatic heterocycles. The average Bonchev–Trinajstić information content (AvgIpc) is 3.25. The molecule has 0 saturated heterocycles. The predicted molar refractivity (Wildman–Crippen MR) is 228 cm³/mol. The van der Waals surface area contributed by atoms with Gasteiger partial charge in [-0.05, 0) is 146 Å². The molecule has 6 aromatic rings. The van der Waals surface area contributed by atoms with Crippen molar-refractivity contribution in [1.82, 2.24) is 0 Å². The lowest BCUT2D eigenvalue weighted by atomic mass is 10.0. The summed E-state index contributed by atoms with van der Waals surface area (Å²) in [5, 5.41) is 29.9. The van der Waals surface area contributed by atoms with E-state index in [0.717, 1.165) is 81.6 Å². The summed E-state index contributed by atoms with van der Waals surface area (Å²) in [7, 11) is -4.26. The van der Waals surface area contributed by atoms with E-state index in [4.69, 9.17) is 5.26 Å². The summed E-state index contributed by atoms with van der Waals surface area (Å²) in [6, 6.07) is 46.1. The highest BCUT2D eigenvalue weighted by Gasteiger charge is 2.12. The van der Waals surface area contributed by atoms with Gasteiger partial charge in [-0.2, -0.15) is 28.9 Å². The fraction of sp³-hybridized carbons (Fsp3) is 0.182. The Hall–Kier alpha value is -5.74. The van der Waals surface area contributed by atoms with Gasteiger partial charge in [0.2, 0.25) is 0 Å². The molecule has 14 heteroatoms. The molecule has 0 aliphatic rings. The predicted octanol–water partition coefficient (Wildman–Crippen LogP) is 12.0. The fourth-order valence-electron chi connectivity index (χ4n) is 6.20. The van der Waals surface area contributed by atoms with Gasteiger partial charge in [-0.25, -0.2) is 5.26 Å². The van der Waals surface area contributed by atoms with Gasteiger partial charge in [0, 0.05) is 42.4 Å². The van der Waals surface area contributed by atoms with Gasteiger partial charge in [0.1, 0.15) is 0 Å². The van der Waals surface area contributed by atoms with E-state index in [1.807, 2.05) is 110 Å². The number of anilines is 2. The minimum absolute atomic E-state index is 0.116. The summed E-state index contributed by atoms with van der Waals surface area (Å²) in [5.74, 6) is 0. The summed E-state index contributed by atoms with van der Waals surface area (Å²) >= 11 is 0.944. The summed E-state index contributed by atoms with van der Waals surface area (Å²) in [4.78, 5) is 5.06. The smallest absolute Gasteiger partial charge is 0.294 e. The van der Waals surface area contributed by atoms with Crippen LogP contribution < -0.4 is 9.80 Å². The summed E-state index contributed by atoms with van der Waals surface area (Å²) in [6.45, 7) is 6.86. The van der Waals surface area contributed by atoms with E-state index in [-0.39, 0.29) is 4.90 Å². The van der Waals surface area contributed by atoms with Crippen LogP contribution >= 0.6 is 12.0 Å². The molecule has 0 bridgehead atoms. The molecular weight excluding hydrogens is 773 g/mol. The molecule has 6 rings (SSSR count). The van der Waals surface area contributed by atoms with Gasteiger partial charge in [0.05, 0.1) is 39.7 Å². The Kier molecular flexibility index (Phi) is 14.9. The van der Waals surface area contributed by atoms with Crippen molar-refractivity contribution >= 4 is 56.3 Å². The van der Waals surface area contributed by atoms with Crippen molar-refractivity contribution in [2.45, 2.75) is 49.6 Å². The van der Waals surface area contributed by atoms with Crippen LogP contribution in [-0.4, -0.2) is 31.3 Å². The number of azo groups is 2. The molecule has 0 aromatic heterocycles. The van der Waals surface area contributed by atoms with E-state index in [9.17, 15) is 13.0 Å². The van der Waals surface area contributed by atoms with Crippen LogP contribution in [0.5, 0.6) is 0 Å². The van der Waals surface area contributed by atoms with Crippen molar-refractivity contribution in [3.63, 3.8) is 0 Å². The molecule has 0 fully saturated rings. The Morgan fingerprint density at radius 2 is 0.966 bits per heavy atom. The van der Waals surface area contributed by atoms with E-state index in [1.54, 1.807) is 6.07 Å². The molecule has 0 atom stereocenters. The molecule has 0 spiro atoms. The van der Waals surface area contributed by atoms with E-state index in [2.05, 4.69) is 70.8 Å². The first-order valence-corrected chi connectivity index (χ1v) is 20.9. The minimum atomic E-state index is -4.26. The third-order valence-corrected chi connectivity index (χ3v) is 10.8. The van der Waals surface area contributed by atoms with Crippen molar-refractivity contribution < 1.29 is 27.6 Å². The van der Waals surface area contributed by atoms with Crippen molar-refractivity contribution in [3.8, 4) is 0 Å². The molecular formula is C44H44N6O6S2. The topological polar surface area (TPSA) is 149 Å². The number of aryl methyl sites for hydroxylation is 2. The molecule has 0 saturated carbocycles. The van der Waals surface area contributed by atoms with Crippen LogP contribution in [0.4, 0.5) is 34.1 Å².